The Morgan fingerprint density at radius 3 is 2.54 bits per heavy atom. The van der Waals surface area contributed by atoms with E-state index in [0.29, 0.717) is 19.0 Å². The number of hydrogen-bond acceptors (Lipinski definition) is 4. The highest BCUT2D eigenvalue weighted by Gasteiger charge is 2.28. The monoisotopic (exact) mass is 363 g/mol. The standard InChI is InChI=1S/C20H33N3O3/c1-4-21-19(23-15-20(24)12-8-5-9-13-20)22-14-16(2)26-18-11-7-6-10-17(18)25-3/h6-7,10-11,16,24H,4-5,8-9,12-15H2,1-3H3,(H2,21,22,23). The van der Waals surface area contributed by atoms with Crippen LogP contribution in [0.4, 0.5) is 0 Å². The molecule has 1 aromatic carbocycles. The van der Waals surface area contributed by atoms with Crippen LogP contribution in [-0.4, -0.2) is 49.5 Å². The van der Waals surface area contributed by atoms with Crippen molar-refractivity contribution in [1.82, 2.24) is 10.6 Å². The fourth-order valence-electron chi connectivity index (χ4n) is 3.15. The van der Waals surface area contributed by atoms with E-state index in [9.17, 15) is 5.11 Å². The van der Waals surface area contributed by atoms with Gasteiger partial charge in [0.25, 0.3) is 0 Å². The number of aliphatic hydroxyl groups is 1. The Bertz CT molecular complexity index is 571. The van der Waals surface area contributed by atoms with Crippen LogP contribution >= 0.6 is 0 Å². The van der Waals surface area contributed by atoms with E-state index < -0.39 is 5.60 Å². The third-order valence-electron chi connectivity index (χ3n) is 4.61. The van der Waals surface area contributed by atoms with Crippen molar-refractivity contribution in [3.63, 3.8) is 0 Å². The first-order valence-electron chi connectivity index (χ1n) is 9.60. The summed E-state index contributed by atoms with van der Waals surface area (Å²) < 4.78 is 11.3. The Kier molecular flexibility index (Phi) is 8.04. The molecule has 0 amide bonds. The van der Waals surface area contributed by atoms with Crippen LogP contribution in [0.5, 0.6) is 11.5 Å². The van der Waals surface area contributed by atoms with Crippen molar-refractivity contribution in [3.8, 4) is 11.5 Å². The van der Waals surface area contributed by atoms with E-state index in [2.05, 4.69) is 15.6 Å². The molecule has 1 fully saturated rings. The van der Waals surface area contributed by atoms with Crippen molar-refractivity contribution < 1.29 is 14.6 Å². The summed E-state index contributed by atoms with van der Waals surface area (Å²) in [4.78, 5) is 4.59. The van der Waals surface area contributed by atoms with Gasteiger partial charge >= 0.3 is 0 Å². The zero-order valence-electron chi connectivity index (χ0n) is 16.3. The van der Waals surface area contributed by atoms with Crippen LogP contribution in [0, 0.1) is 0 Å². The zero-order chi connectivity index (χ0) is 18.8. The van der Waals surface area contributed by atoms with Gasteiger partial charge in [0.1, 0.15) is 6.10 Å². The summed E-state index contributed by atoms with van der Waals surface area (Å²) in [6.07, 6.45) is 4.99. The molecule has 6 heteroatoms. The van der Waals surface area contributed by atoms with E-state index in [1.807, 2.05) is 38.1 Å². The second kappa shape index (κ2) is 10.3. The second-order valence-electron chi connectivity index (χ2n) is 6.94. The quantitative estimate of drug-likeness (QED) is 0.489. The average Bonchev–Trinajstić information content (AvgIpc) is 2.65. The van der Waals surface area contributed by atoms with Crippen molar-refractivity contribution in [2.75, 3.05) is 26.7 Å². The molecule has 1 aliphatic rings. The van der Waals surface area contributed by atoms with Gasteiger partial charge in [0.05, 0.1) is 25.8 Å². The maximum absolute atomic E-state index is 10.6. The molecule has 1 unspecified atom stereocenters. The third-order valence-corrected chi connectivity index (χ3v) is 4.61. The highest BCUT2D eigenvalue weighted by Crippen LogP contribution is 2.28. The van der Waals surface area contributed by atoms with E-state index in [-0.39, 0.29) is 6.10 Å². The van der Waals surface area contributed by atoms with Gasteiger partial charge in [-0.25, -0.2) is 0 Å². The highest BCUT2D eigenvalue weighted by atomic mass is 16.5. The molecule has 1 saturated carbocycles. The van der Waals surface area contributed by atoms with E-state index in [0.717, 1.165) is 43.7 Å². The zero-order valence-corrected chi connectivity index (χ0v) is 16.3. The van der Waals surface area contributed by atoms with Gasteiger partial charge in [-0.2, -0.15) is 0 Å². The first-order valence-corrected chi connectivity index (χ1v) is 9.60. The lowest BCUT2D eigenvalue weighted by Crippen LogP contribution is -2.43. The minimum absolute atomic E-state index is 0.0621. The molecule has 146 valence electrons. The molecule has 0 spiro atoms. The maximum Gasteiger partial charge on any atom is 0.191 e. The normalized spacial score (nSPS) is 18.1. The molecule has 0 heterocycles. The Morgan fingerprint density at radius 1 is 1.19 bits per heavy atom. The van der Waals surface area contributed by atoms with Gasteiger partial charge in [-0.15, -0.1) is 0 Å². The summed E-state index contributed by atoms with van der Waals surface area (Å²) in [7, 11) is 1.64. The largest absolute Gasteiger partial charge is 0.493 e. The molecule has 6 nitrogen and oxygen atoms in total. The molecule has 0 bridgehead atoms. The first-order chi connectivity index (χ1) is 12.6. The lowest BCUT2D eigenvalue weighted by atomic mass is 9.85. The number of ether oxygens (including phenoxy) is 2. The molecule has 26 heavy (non-hydrogen) atoms. The van der Waals surface area contributed by atoms with Gasteiger partial charge in [0, 0.05) is 6.54 Å². The number of nitrogens with zero attached hydrogens (tertiary/aromatic N) is 1. The van der Waals surface area contributed by atoms with Crippen molar-refractivity contribution in [1.29, 1.82) is 0 Å². The predicted octanol–water partition coefficient (Wildman–Crippen LogP) is 2.71. The molecule has 0 radical (unpaired) electrons. The third kappa shape index (κ3) is 6.41. The van der Waals surface area contributed by atoms with Gasteiger partial charge in [0.2, 0.25) is 0 Å². The molecule has 1 atom stereocenters. The number of nitrogens with one attached hydrogen (secondary N) is 2. The number of methoxy groups -OCH3 is 1. The topological polar surface area (TPSA) is 75.1 Å². The molecular weight excluding hydrogens is 330 g/mol. The summed E-state index contributed by atoms with van der Waals surface area (Å²) in [6.45, 7) is 5.83. The number of benzene rings is 1. The average molecular weight is 364 g/mol. The minimum Gasteiger partial charge on any atom is -0.493 e. The van der Waals surface area contributed by atoms with Crippen LogP contribution in [0.15, 0.2) is 29.3 Å². The van der Waals surface area contributed by atoms with Crippen molar-refractivity contribution in [2.45, 2.75) is 57.7 Å². The number of guanidine groups is 1. The van der Waals surface area contributed by atoms with Crippen molar-refractivity contribution in [2.24, 2.45) is 4.99 Å². The van der Waals surface area contributed by atoms with Crippen LogP contribution < -0.4 is 20.1 Å². The van der Waals surface area contributed by atoms with E-state index in [1.165, 1.54) is 6.42 Å². The molecule has 2 rings (SSSR count). The summed E-state index contributed by atoms with van der Waals surface area (Å²) in [5.74, 6) is 2.16. The fraction of sp³-hybridized carbons (Fsp3) is 0.650. The Balaban J connectivity index is 1.87. The van der Waals surface area contributed by atoms with Gasteiger partial charge < -0.3 is 25.2 Å². The van der Waals surface area contributed by atoms with Crippen LogP contribution in [0.2, 0.25) is 0 Å². The molecule has 0 aromatic heterocycles. The fourth-order valence-corrected chi connectivity index (χ4v) is 3.15. The molecule has 0 saturated heterocycles. The summed E-state index contributed by atoms with van der Waals surface area (Å²) in [5, 5.41) is 17.1. The summed E-state index contributed by atoms with van der Waals surface area (Å²) >= 11 is 0. The van der Waals surface area contributed by atoms with E-state index in [1.54, 1.807) is 7.11 Å². The van der Waals surface area contributed by atoms with Gasteiger partial charge in [-0.05, 0) is 38.8 Å². The first kappa shape index (κ1) is 20.4. The molecule has 1 aliphatic carbocycles. The lowest BCUT2D eigenvalue weighted by molar-refractivity contribution is 0.0131. The summed E-state index contributed by atoms with van der Waals surface area (Å²) in [5.41, 5.74) is -0.653. The highest BCUT2D eigenvalue weighted by molar-refractivity contribution is 5.79. The van der Waals surface area contributed by atoms with Gasteiger partial charge in [-0.1, -0.05) is 31.4 Å². The second-order valence-corrected chi connectivity index (χ2v) is 6.94. The van der Waals surface area contributed by atoms with E-state index >= 15 is 0 Å². The Hall–Kier alpha value is -1.95. The SMILES string of the molecule is CCNC(=NCC1(O)CCCCC1)NCC(C)Oc1ccccc1OC. The van der Waals surface area contributed by atoms with Gasteiger partial charge in [0.15, 0.2) is 17.5 Å². The van der Waals surface area contributed by atoms with Gasteiger partial charge in [-0.3, -0.25) is 4.99 Å². The maximum atomic E-state index is 10.6. The van der Waals surface area contributed by atoms with Crippen LogP contribution in [-0.2, 0) is 0 Å². The van der Waals surface area contributed by atoms with Crippen LogP contribution in [0.1, 0.15) is 46.0 Å². The predicted molar refractivity (Wildman–Crippen MR) is 105 cm³/mol. The number of aliphatic imine (C=N–C) groups is 1. The van der Waals surface area contributed by atoms with E-state index in [4.69, 9.17) is 9.47 Å². The van der Waals surface area contributed by atoms with Crippen molar-refractivity contribution >= 4 is 5.96 Å². The Morgan fingerprint density at radius 2 is 1.88 bits per heavy atom. The van der Waals surface area contributed by atoms with Crippen LogP contribution in [0.25, 0.3) is 0 Å². The Labute approximate surface area is 157 Å². The minimum atomic E-state index is -0.653. The molecule has 3 N–H and O–H groups in total. The smallest absolute Gasteiger partial charge is 0.191 e. The van der Waals surface area contributed by atoms with Crippen LogP contribution in [0.3, 0.4) is 0 Å². The molecule has 1 aromatic rings. The lowest BCUT2D eigenvalue weighted by Gasteiger charge is -2.30. The number of para-hydroxylation sites is 2. The summed E-state index contributed by atoms with van der Waals surface area (Å²) in [6, 6.07) is 7.62. The number of rotatable bonds is 8. The molecular formula is C20H33N3O3. The molecule has 0 aliphatic heterocycles. The van der Waals surface area contributed by atoms with Crippen molar-refractivity contribution in [3.05, 3.63) is 24.3 Å². The number of hydrogen-bond donors (Lipinski definition) is 3.